The van der Waals surface area contributed by atoms with Crippen LogP contribution in [0.1, 0.15) is 43.6 Å². The summed E-state index contributed by atoms with van der Waals surface area (Å²) in [6, 6.07) is 0.509. The van der Waals surface area contributed by atoms with Crippen LogP contribution in [0.15, 0.2) is 12.2 Å². The number of ether oxygens (including phenoxy) is 2. The predicted octanol–water partition coefficient (Wildman–Crippen LogP) is 6.16. The molecule has 0 fully saturated rings. The lowest BCUT2D eigenvalue weighted by atomic mass is 10.2. The van der Waals surface area contributed by atoms with Crippen molar-refractivity contribution in [3.8, 4) is 0 Å². The maximum atomic E-state index is 12.3. The van der Waals surface area contributed by atoms with E-state index in [0.29, 0.717) is 17.8 Å². The summed E-state index contributed by atoms with van der Waals surface area (Å²) in [4.78, 5) is 45.2. The second-order valence-corrected chi connectivity index (χ2v) is 33.7. The van der Waals surface area contributed by atoms with Crippen molar-refractivity contribution in [1.29, 1.82) is 0 Å². The van der Waals surface area contributed by atoms with Gasteiger partial charge in [-0.1, -0.05) is 43.2 Å². The largest absolute Gasteiger partial charge is 0.620 e. The van der Waals surface area contributed by atoms with E-state index in [2.05, 4.69) is 68.2 Å². The second kappa shape index (κ2) is 27.9. The molecular weight excluding hydrogens is 735 g/mol. The summed E-state index contributed by atoms with van der Waals surface area (Å²) in [6.45, 7) is 20.8. The molecule has 0 aromatic heterocycles. The third kappa shape index (κ3) is 34.0. The van der Waals surface area contributed by atoms with Gasteiger partial charge in [-0.05, 0) is 59.3 Å². The Kier molecular flexibility index (Phi) is 36.4. The van der Waals surface area contributed by atoms with Gasteiger partial charge in [-0.15, -0.1) is 0 Å². The molecule has 0 aromatic carbocycles. The summed E-state index contributed by atoms with van der Waals surface area (Å²) in [6.07, 6.45) is 0.591. The first-order chi connectivity index (χ1) is 17.6. The predicted molar refractivity (Wildman–Crippen MR) is 204 cm³/mol. The van der Waals surface area contributed by atoms with E-state index in [1.807, 2.05) is 20.0 Å². The maximum absolute atomic E-state index is 12.3. The van der Waals surface area contributed by atoms with Crippen molar-refractivity contribution < 1.29 is 41.2 Å². The molecule has 0 aliphatic heterocycles. The Hall–Kier alpha value is 0.828. The molecule has 0 N–H and O–H groups in total. The van der Waals surface area contributed by atoms with Crippen LogP contribution >= 0.6 is 13.8 Å². The van der Waals surface area contributed by atoms with Gasteiger partial charge in [0.2, 0.25) is 0 Å². The monoisotopic (exact) mass is 793 g/mol. The zero-order valence-corrected chi connectivity index (χ0v) is 33.6. The number of hydrogen-bond donors (Lipinski definition) is 0. The molecule has 0 aliphatic carbocycles. The molecule has 19 heteroatoms. The zero-order valence-electron chi connectivity index (χ0n) is 24.5. The van der Waals surface area contributed by atoms with Crippen LogP contribution in [0.25, 0.3) is 0 Å². The van der Waals surface area contributed by atoms with Crippen molar-refractivity contribution in [2.24, 2.45) is 5.92 Å². The standard InChI is InChI=1S/C14H34O6PS2Si4.C6H9O3PS2.4CH4/c1-13(14(15)17-10-11-21(16)23-22)12-27(9,20-26(6,7)8)19-24(2)18-25(3,4)5;1-5(2)6(7)9-3-4-10(8)12-11;;;;/h13H,10-12H2,1-9H3;1,3-4H2,2H3;4*1H4. The second-order valence-electron chi connectivity index (χ2n) is 10.6. The number of carbonyl (C=O) groups is 2. The average Bonchev–Trinajstić information content (AvgIpc) is 2.75. The van der Waals surface area contributed by atoms with Gasteiger partial charge >= 0.3 is 29.8 Å². The number of hydrogen-bond acceptors (Lipinski definition) is 11. The van der Waals surface area contributed by atoms with E-state index in [9.17, 15) is 19.4 Å². The Morgan fingerprint density at radius 2 is 1.28 bits per heavy atom. The van der Waals surface area contributed by atoms with Crippen molar-refractivity contribution in [2.75, 3.05) is 25.5 Å². The first-order valence-corrected chi connectivity index (χ1v) is 30.8. The van der Waals surface area contributed by atoms with Crippen molar-refractivity contribution in [3.05, 3.63) is 12.2 Å². The van der Waals surface area contributed by atoms with Crippen LogP contribution in [0.2, 0.25) is 58.4 Å². The molecule has 1 radical (unpaired) electrons. The summed E-state index contributed by atoms with van der Waals surface area (Å²) < 4.78 is 28.9. The molecule has 0 saturated heterocycles. The SMILES string of the molecule is C.C.C.C.C=C(C)C(=O)OCC[P+]([O-])=S=S.CC(C[Si](C)(O[Si](C)O[Si](C)(C)C)O[Si](C)(C)C)C(=O)OCC[P+]([O-])=S=S. The van der Waals surface area contributed by atoms with E-state index in [4.69, 9.17) is 21.8 Å². The summed E-state index contributed by atoms with van der Waals surface area (Å²) >= 11 is 9.15. The van der Waals surface area contributed by atoms with Crippen molar-refractivity contribution in [2.45, 2.75) is 102 Å². The lowest BCUT2D eigenvalue weighted by molar-refractivity contribution is -0.155. The van der Waals surface area contributed by atoms with Gasteiger partial charge in [-0.3, -0.25) is 4.79 Å². The summed E-state index contributed by atoms with van der Waals surface area (Å²) in [7, 11) is -5.90. The molecule has 9 nitrogen and oxygen atoms in total. The van der Waals surface area contributed by atoms with Crippen LogP contribution in [0.4, 0.5) is 0 Å². The minimum absolute atomic E-state index is 0. The molecule has 4 atom stereocenters. The van der Waals surface area contributed by atoms with Gasteiger partial charge in [0.25, 0.3) is 0 Å². The van der Waals surface area contributed by atoms with Crippen LogP contribution in [-0.4, -0.2) is 72.0 Å². The molecule has 43 heavy (non-hydrogen) atoms. The van der Waals surface area contributed by atoms with E-state index in [1.54, 1.807) is 6.92 Å². The molecule has 0 saturated carbocycles. The molecule has 0 aliphatic rings. The third-order valence-corrected chi connectivity index (χ3v) is 22.5. The summed E-state index contributed by atoms with van der Waals surface area (Å²) in [5.74, 6) is -1.12. The van der Waals surface area contributed by atoms with E-state index in [0.717, 1.165) is 19.0 Å². The third-order valence-electron chi connectivity index (χ3n) is 3.95. The highest BCUT2D eigenvalue weighted by Gasteiger charge is 2.42. The maximum Gasteiger partial charge on any atom is 0.360 e. The number of carbonyl (C=O) groups excluding carboxylic acids is 2. The van der Waals surface area contributed by atoms with Gasteiger partial charge in [0, 0.05) is 34.0 Å². The first kappa shape index (κ1) is 56.2. The fourth-order valence-electron chi connectivity index (χ4n) is 2.92. The Bertz CT molecular complexity index is 941. The molecule has 0 heterocycles. The lowest BCUT2D eigenvalue weighted by Crippen LogP contribution is -2.53. The van der Waals surface area contributed by atoms with Crippen LogP contribution in [0, 0.1) is 5.92 Å². The Labute approximate surface area is 286 Å². The molecule has 259 valence electrons. The number of esters is 2. The summed E-state index contributed by atoms with van der Waals surface area (Å²) in [5, 5.41) is 0. The smallest absolute Gasteiger partial charge is 0.360 e. The molecule has 0 rings (SSSR count). The minimum Gasteiger partial charge on any atom is -0.620 e. The van der Waals surface area contributed by atoms with Gasteiger partial charge < -0.3 is 31.6 Å². The normalized spacial score (nSPS) is 13.3. The highest BCUT2D eigenvalue weighted by atomic mass is 32.9. The van der Waals surface area contributed by atoms with Gasteiger partial charge in [0.05, 0.1) is 5.92 Å². The van der Waals surface area contributed by atoms with E-state index < -0.39 is 54.3 Å². The van der Waals surface area contributed by atoms with E-state index in [1.165, 1.54) is 0 Å². The average molecular weight is 794 g/mol. The van der Waals surface area contributed by atoms with Gasteiger partial charge in [0.1, 0.15) is 58.4 Å². The molecule has 0 aromatic rings. The van der Waals surface area contributed by atoms with Crippen LogP contribution < -0.4 is 9.79 Å². The Balaban J connectivity index is -0.000000183. The van der Waals surface area contributed by atoms with Crippen molar-refractivity contribution in [1.82, 2.24) is 0 Å². The Morgan fingerprint density at radius 1 is 0.860 bits per heavy atom. The van der Waals surface area contributed by atoms with E-state index in [-0.39, 0.29) is 61.0 Å². The van der Waals surface area contributed by atoms with E-state index >= 15 is 0 Å². The molecule has 0 amide bonds. The fourth-order valence-corrected chi connectivity index (χ4v) is 19.9. The molecule has 0 spiro atoms. The highest BCUT2D eigenvalue weighted by molar-refractivity contribution is 8.34. The topological polar surface area (TPSA) is 126 Å². The van der Waals surface area contributed by atoms with Gasteiger partial charge in [0.15, 0.2) is 16.6 Å². The van der Waals surface area contributed by atoms with Crippen LogP contribution in [-0.2, 0) is 72.8 Å². The summed E-state index contributed by atoms with van der Waals surface area (Å²) in [5.41, 5.74) is 0.344. The molecular formula is C24H59O9P2S4Si4. The van der Waals surface area contributed by atoms with Gasteiger partial charge in [-0.2, -0.15) is 0 Å². The quantitative estimate of drug-likeness (QED) is 0.0773. The fraction of sp³-hybridized carbons (Fsp3) is 0.833. The molecule has 4 unspecified atom stereocenters. The molecule has 0 bridgehead atoms. The zero-order chi connectivity index (χ0) is 31.0. The highest BCUT2D eigenvalue weighted by Crippen LogP contribution is 2.26. The van der Waals surface area contributed by atoms with Crippen molar-refractivity contribution >= 4 is 102 Å². The Morgan fingerprint density at radius 3 is 1.63 bits per heavy atom. The van der Waals surface area contributed by atoms with Crippen molar-refractivity contribution in [3.63, 3.8) is 0 Å². The first-order valence-electron chi connectivity index (χ1n) is 12.0. The minimum atomic E-state index is -2.62. The van der Waals surface area contributed by atoms with Gasteiger partial charge in [-0.25, -0.2) is 4.79 Å². The lowest BCUT2D eigenvalue weighted by Gasteiger charge is -2.37. The van der Waals surface area contributed by atoms with Crippen LogP contribution in [0.3, 0.4) is 0 Å². The number of rotatable bonds is 16. The van der Waals surface area contributed by atoms with Crippen LogP contribution in [0.5, 0.6) is 0 Å².